The van der Waals surface area contributed by atoms with E-state index in [0.717, 1.165) is 17.9 Å². The van der Waals surface area contributed by atoms with Crippen molar-refractivity contribution in [2.75, 3.05) is 0 Å². The van der Waals surface area contributed by atoms with Crippen molar-refractivity contribution in [2.45, 2.75) is 26.4 Å². The molecule has 0 spiro atoms. The Balaban J connectivity index is 2.08. The number of nitrogens with one attached hydrogen (secondary N) is 1. The second-order valence-electron chi connectivity index (χ2n) is 4.12. The van der Waals surface area contributed by atoms with Gasteiger partial charge in [-0.15, -0.1) is 0 Å². The first-order valence-electron chi connectivity index (χ1n) is 5.59. The van der Waals surface area contributed by atoms with Crippen LogP contribution in [-0.4, -0.2) is 15.8 Å². The zero-order chi connectivity index (χ0) is 11.4. The highest BCUT2D eigenvalue weighted by molar-refractivity contribution is 5.30. The molecule has 1 aromatic heterocycles. The number of nitrogens with zero attached hydrogens (tertiary/aromatic N) is 2. The molecule has 1 aromatic carbocycles. The van der Waals surface area contributed by atoms with E-state index in [1.54, 1.807) is 0 Å². The Bertz CT molecular complexity index is 431. The summed E-state index contributed by atoms with van der Waals surface area (Å²) in [4.78, 5) is 0. The second kappa shape index (κ2) is 4.94. The Labute approximate surface area is 96.1 Å². The minimum atomic E-state index is 0.488. The van der Waals surface area contributed by atoms with Gasteiger partial charge in [0.25, 0.3) is 0 Å². The first-order chi connectivity index (χ1) is 7.75. The van der Waals surface area contributed by atoms with E-state index in [2.05, 4.69) is 24.3 Å². The van der Waals surface area contributed by atoms with Crippen LogP contribution in [0.25, 0.3) is 5.69 Å². The number of para-hydroxylation sites is 1. The van der Waals surface area contributed by atoms with Crippen LogP contribution >= 0.6 is 0 Å². The van der Waals surface area contributed by atoms with Crippen LogP contribution in [0.15, 0.2) is 42.6 Å². The topological polar surface area (TPSA) is 29.9 Å². The van der Waals surface area contributed by atoms with Gasteiger partial charge in [0, 0.05) is 18.8 Å². The van der Waals surface area contributed by atoms with Crippen molar-refractivity contribution >= 4 is 0 Å². The summed E-state index contributed by atoms with van der Waals surface area (Å²) in [5.41, 5.74) is 2.16. The van der Waals surface area contributed by atoms with Gasteiger partial charge in [-0.3, -0.25) is 0 Å². The van der Waals surface area contributed by atoms with Crippen LogP contribution in [0.4, 0.5) is 0 Å². The van der Waals surface area contributed by atoms with Crippen molar-refractivity contribution in [3.8, 4) is 5.69 Å². The zero-order valence-electron chi connectivity index (χ0n) is 9.72. The second-order valence-corrected chi connectivity index (χ2v) is 4.12. The Kier molecular flexibility index (Phi) is 3.37. The number of benzene rings is 1. The van der Waals surface area contributed by atoms with Crippen LogP contribution < -0.4 is 5.32 Å². The molecule has 3 nitrogen and oxygen atoms in total. The molecule has 0 saturated heterocycles. The first kappa shape index (κ1) is 10.9. The van der Waals surface area contributed by atoms with E-state index in [9.17, 15) is 0 Å². The molecule has 0 radical (unpaired) electrons. The van der Waals surface area contributed by atoms with Crippen molar-refractivity contribution in [3.05, 3.63) is 48.3 Å². The largest absolute Gasteiger partial charge is 0.309 e. The van der Waals surface area contributed by atoms with Gasteiger partial charge in [0.05, 0.1) is 11.4 Å². The molecule has 0 bridgehead atoms. The predicted octanol–water partition coefficient (Wildman–Crippen LogP) is 2.37. The smallest absolute Gasteiger partial charge is 0.0766 e. The maximum atomic E-state index is 4.51. The lowest BCUT2D eigenvalue weighted by Crippen LogP contribution is -2.22. The van der Waals surface area contributed by atoms with E-state index in [-0.39, 0.29) is 0 Å². The Morgan fingerprint density at radius 2 is 1.94 bits per heavy atom. The van der Waals surface area contributed by atoms with E-state index in [4.69, 9.17) is 0 Å². The first-order valence-corrected chi connectivity index (χ1v) is 5.59. The summed E-state index contributed by atoms with van der Waals surface area (Å²) in [7, 11) is 0. The van der Waals surface area contributed by atoms with Crippen LogP contribution in [0.1, 0.15) is 19.5 Å². The molecule has 0 amide bonds. The molecule has 0 fully saturated rings. The van der Waals surface area contributed by atoms with Gasteiger partial charge in [-0.2, -0.15) is 5.10 Å². The molecule has 0 aliphatic heterocycles. The van der Waals surface area contributed by atoms with E-state index >= 15 is 0 Å². The maximum absolute atomic E-state index is 4.51. The molecular formula is C13H17N3. The number of aromatic nitrogens is 2. The average Bonchev–Trinajstić information content (AvgIpc) is 2.76. The standard InChI is InChI=1S/C13H17N3/c1-11(2)14-10-12-8-9-16(15-12)13-6-4-3-5-7-13/h3-9,11,14H,10H2,1-2H3. The summed E-state index contributed by atoms with van der Waals surface area (Å²) in [6.45, 7) is 5.08. The fraction of sp³-hybridized carbons (Fsp3) is 0.308. The third-order valence-corrected chi connectivity index (χ3v) is 2.36. The van der Waals surface area contributed by atoms with Crippen molar-refractivity contribution in [2.24, 2.45) is 0 Å². The molecule has 16 heavy (non-hydrogen) atoms. The van der Waals surface area contributed by atoms with Crippen LogP contribution in [0.3, 0.4) is 0 Å². The summed E-state index contributed by atoms with van der Waals surface area (Å²) >= 11 is 0. The fourth-order valence-corrected chi connectivity index (χ4v) is 1.49. The molecule has 84 valence electrons. The van der Waals surface area contributed by atoms with Gasteiger partial charge in [-0.25, -0.2) is 4.68 Å². The molecule has 0 aliphatic rings. The normalized spacial score (nSPS) is 10.9. The highest BCUT2D eigenvalue weighted by atomic mass is 15.3. The van der Waals surface area contributed by atoms with E-state index < -0.39 is 0 Å². The quantitative estimate of drug-likeness (QED) is 0.848. The molecule has 0 atom stereocenters. The van der Waals surface area contributed by atoms with E-state index in [0.29, 0.717) is 6.04 Å². The molecule has 0 unspecified atom stereocenters. The minimum absolute atomic E-state index is 0.488. The van der Waals surface area contributed by atoms with Crippen molar-refractivity contribution < 1.29 is 0 Å². The molecule has 1 N–H and O–H groups in total. The summed E-state index contributed by atoms with van der Waals surface area (Å²) in [5.74, 6) is 0. The number of rotatable bonds is 4. The van der Waals surface area contributed by atoms with E-state index in [1.807, 2.05) is 47.3 Å². The lowest BCUT2D eigenvalue weighted by atomic mass is 10.3. The third-order valence-electron chi connectivity index (χ3n) is 2.36. The molecule has 3 heteroatoms. The van der Waals surface area contributed by atoms with Crippen LogP contribution in [0.2, 0.25) is 0 Å². The SMILES string of the molecule is CC(C)NCc1ccn(-c2ccccc2)n1. The lowest BCUT2D eigenvalue weighted by molar-refractivity contribution is 0.578. The van der Waals surface area contributed by atoms with Gasteiger partial charge in [-0.1, -0.05) is 32.0 Å². The average molecular weight is 215 g/mol. The van der Waals surface area contributed by atoms with Gasteiger partial charge < -0.3 is 5.32 Å². The molecule has 0 saturated carbocycles. The summed E-state index contributed by atoms with van der Waals surface area (Å²) in [6, 6.07) is 12.7. The lowest BCUT2D eigenvalue weighted by Gasteiger charge is -2.05. The Morgan fingerprint density at radius 3 is 2.62 bits per heavy atom. The molecule has 2 rings (SSSR count). The van der Waals surface area contributed by atoms with Gasteiger partial charge >= 0.3 is 0 Å². The summed E-state index contributed by atoms with van der Waals surface area (Å²) < 4.78 is 1.90. The van der Waals surface area contributed by atoms with Crippen LogP contribution in [-0.2, 0) is 6.54 Å². The summed E-state index contributed by atoms with van der Waals surface area (Å²) in [6.07, 6.45) is 1.99. The van der Waals surface area contributed by atoms with Crippen molar-refractivity contribution in [3.63, 3.8) is 0 Å². The Hall–Kier alpha value is -1.61. The van der Waals surface area contributed by atoms with E-state index in [1.165, 1.54) is 0 Å². The van der Waals surface area contributed by atoms with Crippen LogP contribution in [0.5, 0.6) is 0 Å². The van der Waals surface area contributed by atoms with Gasteiger partial charge in [0.1, 0.15) is 0 Å². The molecule has 1 heterocycles. The fourth-order valence-electron chi connectivity index (χ4n) is 1.49. The molecule has 2 aromatic rings. The van der Waals surface area contributed by atoms with Gasteiger partial charge in [-0.05, 0) is 18.2 Å². The molecule has 0 aliphatic carbocycles. The molecular weight excluding hydrogens is 198 g/mol. The predicted molar refractivity (Wildman–Crippen MR) is 65.5 cm³/mol. The van der Waals surface area contributed by atoms with Crippen molar-refractivity contribution in [1.82, 2.24) is 15.1 Å². The number of hydrogen-bond acceptors (Lipinski definition) is 2. The highest BCUT2D eigenvalue weighted by Crippen LogP contribution is 2.06. The van der Waals surface area contributed by atoms with Gasteiger partial charge in [0.2, 0.25) is 0 Å². The summed E-state index contributed by atoms with van der Waals surface area (Å²) in [5, 5.41) is 7.86. The minimum Gasteiger partial charge on any atom is -0.309 e. The zero-order valence-corrected chi connectivity index (χ0v) is 9.72. The van der Waals surface area contributed by atoms with Crippen LogP contribution in [0, 0.1) is 0 Å². The highest BCUT2D eigenvalue weighted by Gasteiger charge is 2.01. The maximum Gasteiger partial charge on any atom is 0.0766 e. The third kappa shape index (κ3) is 2.70. The van der Waals surface area contributed by atoms with Crippen molar-refractivity contribution in [1.29, 1.82) is 0 Å². The Morgan fingerprint density at radius 1 is 1.19 bits per heavy atom. The number of hydrogen-bond donors (Lipinski definition) is 1. The van der Waals surface area contributed by atoms with Gasteiger partial charge in [0.15, 0.2) is 0 Å². The monoisotopic (exact) mass is 215 g/mol.